The Morgan fingerprint density at radius 1 is 1.32 bits per heavy atom. The molecule has 1 amide bonds. The van der Waals surface area contributed by atoms with Gasteiger partial charge in [0.2, 0.25) is 5.91 Å². The molecule has 2 aromatic rings. The molecule has 0 atom stereocenters. The molecule has 0 saturated heterocycles. The zero-order valence-corrected chi connectivity index (χ0v) is 12.3. The lowest BCUT2D eigenvalue weighted by molar-refractivity contribution is -0.128. The summed E-state index contributed by atoms with van der Waals surface area (Å²) in [5, 5.41) is 8.29. The normalized spacial score (nSPS) is 11.5. The van der Waals surface area contributed by atoms with Gasteiger partial charge in [0.1, 0.15) is 0 Å². The summed E-state index contributed by atoms with van der Waals surface area (Å²) in [5.74, 6) is 0.0744. The second-order valence-electron chi connectivity index (χ2n) is 5.43. The van der Waals surface area contributed by atoms with Crippen LogP contribution >= 0.6 is 11.3 Å². The van der Waals surface area contributed by atoms with Crippen LogP contribution in [0.2, 0.25) is 0 Å². The Bertz CT molecular complexity index is 571. The van der Waals surface area contributed by atoms with Crippen molar-refractivity contribution in [3.63, 3.8) is 0 Å². The Morgan fingerprint density at radius 3 is 2.84 bits per heavy atom. The van der Waals surface area contributed by atoms with Crippen LogP contribution in [0, 0.1) is 5.41 Å². The number of carbonyl (C=O) groups excluding carboxylic acids is 1. The van der Waals surface area contributed by atoms with E-state index in [4.69, 9.17) is 0 Å². The van der Waals surface area contributed by atoms with E-state index in [1.54, 1.807) is 17.5 Å². The number of thiophene rings is 1. The first-order valence-corrected chi connectivity index (χ1v) is 7.21. The SMILES string of the molecule is CC(C)(C)C(=O)NCCNc1ccnc2ccsc12. The molecule has 2 aromatic heterocycles. The van der Waals surface area contributed by atoms with Crippen LogP contribution in [0.3, 0.4) is 0 Å². The van der Waals surface area contributed by atoms with E-state index in [1.807, 2.05) is 38.3 Å². The minimum Gasteiger partial charge on any atom is -0.382 e. The maximum Gasteiger partial charge on any atom is 0.225 e. The standard InChI is InChI=1S/C14H19N3OS/c1-14(2,3)13(18)17-8-7-16-10-4-6-15-11-5-9-19-12(10)11/h4-6,9H,7-8H2,1-3H3,(H,15,16)(H,17,18). The lowest BCUT2D eigenvalue weighted by Crippen LogP contribution is -2.37. The maximum atomic E-state index is 11.7. The molecule has 2 rings (SSSR count). The zero-order valence-electron chi connectivity index (χ0n) is 11.5. The van der Waals surface area contributed by atoms with Gasteiger partial charge in [0.15, 0.2) is 0 Å². The summed E-state index contributed by atoms with van der Waals surface area (Å²) >= 11 is 1.67. The van der Waals surface area contributed by atoms with E-state index in [2.05, 4.69) is 15.6 Å². The average molecular weight is 277 g/mol. The lowest BCUT2D eigenvalue weighted by Gasteiger charge is -2.17. The number of aromatic nitrogens is 1. The highest BCUT2D eigenvalue weighted by Crippen LogP contribution is 2.26. The third-order valence-corrected chi connectivity index (χ3v) is 3.69. The molecule has 19 heavy (non-hydrogen) atoms. The highest BCUT2D eigenvalue weighted by molar-refractivity contribution is 7.17. The van der Waals surface area contributed by atoms with Crippen molar-refractivity contribution in [3.8, 4) is 0 Å². The third-order valence-electron chi connectivity index (χ3n) is 2.75. The number of fused-ring (bicyclic) bond motifs is 1. The van der Waals surface area contributed by atoms with Gasteiger partial charge >= 0.3 is 0 Å². The lowest BCUT2D eigenvalue weighted by atomic mass is 9.96. The number of hydrogen-bond donors (Lipinski definition) is 2. The summed E-state index contributed by atoms with van der Waals surface area (Å²) < 4.78 is 1.16. The summed E-state index contributed by atoms with van der Waals surface area (Å²) in [6.07, 6.45) is 1.80. The van der Waals surface area contributed by atoms with Gasteiger partial charge in [-0.05, 0) is 17.5 Å². The number of pyridine rings is 1. The first-order valence-electron chi connectivity index (χ1n) is 6.33. The molecule has 0 aliphatic carbocycles. The molecule has 5 heteroatoms. The molecular weight excluding hydrogens is 258 g/mol. The van der Waals surface area contributed by atoms with E-state index in [9.17, 15) is 4.79 Å². The number of nitrogens with zero attached hydrogens (tertiary/aromatic N) is 1. The predicted octanol–water partition coefficient (Wildman–Crippen LogP) is 2.87. The molecule has 2 N–H and O–H groups in total. The Hall–Kier alpha value is -1.62. The fourth-order valence-electron chi connectivity index (χ4n) is 1.65. The number of rotatable bonds is 4. The highest BCUT2D eigenvalue weighted by Gasteiger charge is 2.20. The van der Waals surface area contributed by atoms with Crippen molar-refractivity contribution >= 4 is 33.1 Å². The number of hydrogen-bond acceptors (Lipinski definition) is 4. The fourth-order valence-corrected chi connectivity index (χ4v) is 2.49. The molecule has 0 unspecified atom stereocenters. The largest absolute Gasteiger partial charge is 0.382 e. The topological polar surface area (TPSA) is 54.0 Å². The Labute approximate surface area is 117 Å². The molecule has 0 aromatic carbocycles. The smallest absolute Gasteiger partial charge is 0.225 e. The summed E-state index contributed by atoms with van der Waals surface area (Å²) in [6.45, 7) is 7.06. The average Bonchev–Trinajstić information content (AvgIpc) is 2.81. The van der Waals surface area contributed by atoms with E-state index in [1.165, 1.54) is 0 Å². The second-order valence-corrected chi connectivity index (χ2v) is 6.34. The monoisotopic (exact) mass is 277 g/mol. The first kappa shape index (κ1) is 13.8. The van der Waals surface area contributed by atoms with Crippen LogP contribution in [0.5, 0.6) is 0 Å². The molecule has 0 spiro atoms. The van der Waals surface area contributed by atoms with E-state index in [-0.39, 0.29) is 11.3 Å². The van der Waals surface area contributed by atoms with Crippen molar-refractivity contribution in [2.24, 2.45) is 5.41 Å². The van der Waals surface area contributed by atoms with Gasteiger partial charge in [-0.15, -0.1) is 11.3 Å². The fraction of sp³-hybridized carbons (Fsp3) is 0.429. The second kappa shape index (κ2) is 5.57. The minimum atomic E-state index is -0.336. The van der Waals surface area contributed by atoms with Crippen molar-refractivity contribution in [1.29, 1.82) is 0 Å². The van der Waals surface area contributed by atoms with Crippen LogP contribution in [0.1, 0.15) is 20.8 Å². The number of nitrogens with one attached hydrogen (secondary N) is 2. The molecule has 0 aliphatic heterocycles. The van der Waals surface area contributed by atoms with Gasteiger partial charge in [0.05, 0.1) is 15.9 Å². The van der Waals surface area contributed by atoms with Crippen LogP contribution < -0.4 is 10.6 Å². The predicted molar refractivity (Wildman–Crippen MR) is 80.6 cm³/mol. The van der Waals surface area contributed by atoms with E-state index in [0.29, 0.717) is 13.1 Å². The van der Waals surface area contributed by atoms with E-state index < -0.39 is 0 Å². The Balaban J connectivity index is 1.87. The Kier molecular flexibility index (Phi) is 4.04. The van der Waals surface area contributed by atoms with Crippen molar-refractivity contribution < 1.29 is 4.79 Å². The quantitative estimate of drug-likeness (QED) is 0.845. The minimum absolute atomic E-state index is 0.0744. The summed E-state index contributed by atoms with van der Waals surface area (Å²) in [5.41, 5.74) is 1.75. The molecule has 2 heterocycles. The number of carbonyl (C=O) groups is 1. The van der Waals surface area contributed by atoms with E-state index >= 15 is 0 Å². The van der Waals surface area contributed by atoms with Crippen molar-refractivity contribution in [1.82, 2.24) is 10.3 Å². The maximum absolute atomic E-state index is 11.7. The van der Waals surface area contributed by atoms with Crippen LogP contribution in [-0.2, 0) is 4.79 Å². The van der Waals surface area contributed by atoms with Crippen LogP contribution in [0.4, 0.5) is 5.69 Å². The Morgan fingerprint density at radius 2 is 2.11 bits per heavy atom. The molecule has 0 fully saturated rings. The van der Waals surface area contributed by atoms with Crippen molar-refractivity contribution in [3.05, 3.63) is 23.7 Å². The number of amides is 1. The molecule has 4 nitrogen and oxygen atoms in total. The van der Waals surface area contributed by atoms with Gasteiger partial charge in [0.25, 0.3) is 0 Å². The van der Waals surface area contributed by atoms with Crippen molar-refractivity contribution in [2.45, 2.75) is 20.8 Å². The van der Waals surface area contributed by atoms with Gasteiger partial charge in [-0.3, -0.25) is 9.78 Å². The molecule has 0 saturated carbocycles. The zero-order chi connectivity index (χ0) is 13.9. The van der Waals surface area contributed by atoms with Crippen molar-refractivity contribution in [2.75, 3.05) is 18.4 Å². The van der Waals surface area contributed by atoms with Gasteiger partial charge in [-0.2, -0.15) is 0 Å². The van der Waals surface area contributed by atoms with Crippen LogP contribution in [0.15, 0.2) is 23.7 Å². The summed E-state index contributed by atoms with van der Waals surface area (Å²) in [4.78, 5) is 16.0. The first-order chi connectivity index (χ1) is 8.98. The summed E-state index contributed by atoms with van der Waals surface area (Å²) in [6, 6.07) is 3.97. The van der Waals surface area contributed by atoms with Gasteiger partial charge < -0.3 is 10.6 Å². The summed E-state index contributed by atoms with van der Waals surface area (Å²) in [7, 11) is 0. The molecule has 0 aliphatic rings. The van der Waals surface area contributed by atoms with Gasteiger partial charge in [-0.1, -0.05) is 20.8 Å². The van der Waals surface area contributed by atoms with E-state index in [0.717, 1.165) is 15.9 Å². The molecule has 0 radical (unpaired) electrons. The third kappa shape index (κ3) is 3.44. The van der Waals surface area contributed by atoms with Gasteiger partial charge in [-0.25, -0.2) is 0 Å². The molecular formula is C14H19N3OS. The highest BCUT2D eigenvalue weighted by atomic mass is 32.1. The van der Waals surface area contributed by atoms with Crippen LogP contribution in [-0.4, -0.2) is 24.0 Å². The van der Waals surface area contributed by atoms with Gasteiger partial charge in [0, 0.05) is 24.7 Å². The number of anilines is 1. The molecule has 102 valence electrons. The molecule has 0 bridgehead atoms. The van der Waals surface area contributed by atoms with Crippen LogP contribution in [0.25, 0.3) is 10.2 Å².